The van der Waals surface area contributed by atoms with Gasteiger partial charge in [-0.1, -0.05) is 19.3 Å². The topological polar surface area (TPSA) is 12.0 Å². The van der Waals surface area contributed by atoms with Gasteiger partial charge in [0.15, 0.2) is 0 Å². The molecular formula is C13H21N. The van der Waals surface area contributed by atoms with Crippen LogP contribution in [0.1, 0.15) is 57.8 Å². The standard InChI is InChI=1S/C13H21N/c1-2-5-9-12(8-4-1)14-13-10-6-3-7-11-13/h12-14H,1,3-4,6-11H2. The molecule has 1 saturated carbocycles. The molecule has 0 saturated heterocycles. The van der Waals surface area contributed by atoms with Crippen LogP contribution in [0.4, 0.5) is 0 Å². The Bertz CT molecular complexity index is 217. The van der Waals surface area contributed by atoms with Gasteiger partial charge in [-0.15, -0.1) is 11.8 Å². The minimum atomic E-state index is 0.688. The molecule has 14 heavy (non-hydrogen) atoms. The molecular weight excluding hydrogens is 170 g/mol. The molecule has 0 aliphatic heterocycles. The van der Waals surface area contributed by atoms with Gasteiger partial charge < -0.3 is 5.32 Å². The van der Waals surface area contributed by atoms with Crippen molar-refractivity contribution in [2.24, 2.45) is 0 Å². The highest BCUT2D eigenvalue weighted by molar-refractivity contribution is 5.04. The van der Waals surface area contributed by atoms with Gasteiger partial charge in [0.2, 0.25) is 0 Å². The van der Waals surface area contributed by atoms with Crippen molar-refractivity contribution in [3.63, 3.8) is 0 Å². The van der Waals surface area contributed by atoms with Gasteiger partial charge in [0.25, 0.3) is 0 Å². The lowest BCUT2D eigenvalue weighted by Crippen LogP contribution is -2.39. The molecule has 1 N–H and O–H groups in total. The molecule has 0 heterocycles. The van der Waals surface area contributed by atoms with Crippen molar-refractivity contribution in [2.75, 3.05) is 0 Å². The first-order valence-corrected chi connectivity index (χ1v) is 6.17. The molecule has 1 atom stereocenters. The Morgan fingerprint density at radius 1 is 0.786 bits per heavy atom. The predicted octanol–water partition coefficient (Wildman–Crippen LogP) is 2.85. The highest BCUT2D eigenvalue weighted by Crippen LogP contribution is 2.19. The molecule has 0 aromatic rings. The van der Waals surface area contributed by atoms with Crippen molar-refractivity contribution in [2.45, 2.75) is 69.9 Å². The Morgan fingerprint density at radius 3 is 2.43 bits per heavy atom. The van der Waals surface area contributed by atoms with Crippen LogP contribution in [0.5, 0.6) is 0 Å². The minimum absolute atomic E-state index is 0.688. The third-order valence-corrected chi connectivity index (χ3v) is 3.40. The summed E-state index contributed by atoms with van der Waals surface area (Å²) in [5.74, 6) is 6.50. The zero-order valence-corrected chi connectivity index (χ0v) is 9.02. The third kappa shape index (κ3) is 3.03. The number of nitrogens with one attached hydrogen (secondary N) is 1. The van der Waals surface area contributed by atoms with Gasteiger partial charge in [-0.2, -0.15) is 0 Å². The van der Waals surface area contributed by atoms with E-state index < -0.39 is 0 Å². The predicted molar refractivity (Wildman–Crippen MR) is 60.0 cm³/mol. The highest BCUT2D eigenvalue weighted by atomic mass is 14.9. The smallest absolute Gasteiger partial charge is 0.0243 e. The lowest BCUT2D eigenvalue weighted by molar-refractivity contribution is 0.328. The first kappa shape index (κ1) is 10.1. The monoisotopic (exact) mass is 191 g/mol. The molecule has 2 rings (SSSR count). The van der Waals surface area contributed by atoms with Crippen molar-refractivity contribution in [3.8, 4) is 11.8 Å². The van der Waals surface area contributed by atoms with E-state index in [1.54, 1.807) is 0 Å². The lowest BCUT2D eigenvalue weighted by Gasteiger charge is -2.27. The minimum Gasteiger partial charge on any atom is -0.310 e. The molecule has 2 aliphatic rings. The Hall–Kier alpha value is -0.480. The first-order valence-electron chi connectivity index (χ1n) is 6.17. The molecule has 78 valence electrons. The second-order valence-corrected chi connectivity index (χ2v) is 4.65. The van der Waals surface area contributed by atoms with Gasteiger partial charge in [-0.25, -0.2) is 0 Å². The molecule has 2 aliphatic carbocycles. The summed E-state index contributed by atoms with van der Waals surface area (Å²) < 4.78 is 0. The van der Waals surface area contributed by atoms with Crippen LogP contribution in [0.2, 0.25) is 0 Å². The molecule has 0 aromatic carbocycles. The Morgan fingerprint density at radius 2 is 1.57 bits per heavy atom. The zero-order valence-electron chi connectivity index (χ0n) is 9.02. The fourth-order valence-corrected chi connectivity index (χ4v) is 2.57. The van der Waals surface area contributed by atoms with Gasteiger partial charge >= 0.3 is 0 Å². The Balaban J connectivity index is 1.75. The molecule has 1 heteroatoms. The van der Waals surface area contributed by atoms with Gasteiger partial charge in [0.1, 0.15) is 0 Å². The normalized spacial score (nSPS) is 29.0. The SMILES string of the molecule is C1#CCC(NC2CCCCC2)CCC1. The molecule has 0 spiro atoms. The van der Waals surface area contributed by atoms with Crippen LogP contribution < -0.4 is 5.32 Å². The summed E-state index contributed by atoms with van der Waals surface area (Å²) in [6.07, 6.45) is 11.9. The molecule has 0 amide bonds. The van der Waals surface area contributed by atoms with E-state index in [4.69, 9.17) is 0 Å². The molecule has 1 fully saturated rings. The maximum atomic E-state index is 3.80. The fraction of sp³-hybridized carbons (Fsp3) is 0.846. The van der Waals surface area contributed by atoms with Crippen molar-refractivity contribution in [1.29, 1.82) is 0 Å². The van der Waals surface area contributed by atoms with Crippen LogP contribution in [0.25, 0.3) is 0 Å². The van der Waals surface area contributed by atoms with E-state index in [2.05, 4.69) is 17.2 Å². The quantitative estimate of drug-likeness (QED) is 0.662. The van der Waals surface area contributed by atoms with Crippen LogP contribution in [0, 0.1) is 11.8 Å². The van der Waals surface area contributed by atoms with Crippen LogP contribution in [-0.4, -0.2) is 12.1 Å². The fourth-order valence-electron chi connectivity index (χ4n) is 2.57. The largest absolute Gasteiger partial charge is 0.310 e. The van der Waals surface area contributed by atoms with E-state index in [0.717, 1.165) is 18.9 Å². The van der Waals surface area contributed by atoms with E-state index in [1.807, 2.05) is 0 Å². The van der Waals surface area contributed by atoms with Crippen LogP contribution in [0.3, 0.4) is 0 Å². The van der Waals surface area contributed by atoms with Crippen molar-refractivity contribution in [3.05, 3.63) is 0 Å². The summed E-state index contributed by atoms with van der Waals surface area (Å²) >= 11 is 0. The zero-order chi connectivity index (χ0) is 9.64. The Kier molecular flexibility index (Phi) is 3.89. The van der Waals surface area contributed by atoms with Gasteiger partial charge in [0.05, 0.1) is 0 Å². The second-order valence-electron chi connectivity index (χ2n) is 4.65. The second kappa shape index (κ2) is 5.41. The molecule has 0 bridgehead atoms. The van der Waals surface area contributed by atoms with Crippen LogP contribution in [-0.2, 0) is 0 Å². The molecule has 1 unspecified atom stereocenters. The Labute approximate surface area is 87.7 Å². The summed E-state index contributed by atoms with van der Waals surface area (Å²) in [5, 5.41) is 3.80. The van der Waals surface area contributed by atoms with Crippen molar-refractivity contribution < 1.29 is 0 Å². The summed E-state index contributed by atoms with van der Waals surface area (Å²) in [6.45, 7) is 0. The maximum Gasteiger partial charge on any atom is 0.0243 e. The van der Waals surface area contributed by atoms with E-state index in [1.165, 1.54) is 44.9 Å². The highest BCUT2D eigenvalue weighted by Gasteiger charge is 2.17. The lowest BCUT2D eigenvalue weighted by atomic mass is 9.94. The first-order chi connectivity index (χ1) is 6.95. The summed E-state index contributed by atoms with van der Waals surface area (Å²) in [4.78, 5) is 0. The number of rotatable bonds is 2. The van der Waals surface area contributed by atoms with Gasteiger partial charge in [0, 0.05) is 24.9 Å². The molecule has 0 aromatic heterocycles. The van der Waals surface area contributed by atoms with E-state index in [0.29, 0.717) is 6.04 Å². The number of hydrogen-bond donors (Lipinski definition) is 1. The van der Waals surface area contributed by atoms with Crippen LogP contribution >= 0.6 is 0 Å². The summed E-state index contributed by atoms with van der Waals surface area (Å²) in [6, 6.07) is 1.49. The van der Waals surface area contributed by atoms with Crippen molar-refractivity contribution in [1.82, 2.24) is 5.32 Å². The van der Waals surface area contributed by atoms with E-state index in [9.17, 15) is 0 Å². The average molecular weight is 191 g/mol. The molecule has 0 radical (unpaired) electrons. The van der Waals surface area contributed by atoms with E-state index in [-0.39, 0.29) is 0 Å². The van der Waals surface area contributed by atoms with Crippen LogP contribution in [0.15, 0.2) is 0 Å². The number of hydrogen-bond acceptors (Lipinski definition) is 1. The van der Waals surface area contributed by atoms with E-state index >= 15 is 0 Å². The van der Waals surface area contributed by atoms with Crippen molar-refractivity contribution >= 4 is 0 Å². The van der Waals surface area contributed by atoms with Gasteiger partial charge in [-0.3, -0.25) is 0 Å². The summed E-state index contributed by atoms with van der Waals surface area (Å²) in [5.41, 5.74) is 0. The summed E-state index contributed by atoms with van der Waals surface area (Å²) in [7, 11) is 0. The third-order valence-electron chi connectivity index (χ3n) is 3.40. The maximum absolute atomic E-state index is 3.80. The molecule has 1 nitrogen and oxygen atoms in total. The van der Waals surface area contributed by atoms with Gasteiger partial charge in [-0.05, 0) is 25.7 Å². The average Bonchev–Trinajstić information content (AvgIpc) is 2.48.